The lowest BCUT2D eigenvalue weighted by Gasteiger charge is -2.16. The van der Waals surface area contributed by atoms with Crippen molar-refractivity contribution in [2.75, 3.05) is 0 Å². The van der Waals surface area contributed by atoms with Crippen LogP contribution in [-0.2, 0) is 22.4 Å². The first-order chi connectivity index (χ1) is 12.7. The van der Waals surface area contributed by atoms with E-state index in [0.717, 1.165) is 36.8 Å². The van der Waals surface area contributed by atoms with Crippen molar-refractivity contribution >= 4 is 11.6 Å². The van der Waals surface area contributed by atoms with Gasteiger partial charge in [0.2, 0.25) is 0 Å². The van der Waals surface area contributed by atoms with E-state index in [1.54, 1.807) is 0 Å². The minimum atomic E-state index is 0.175. The van der Waals surface area contributed by atoms with Gasteiger partial charge in [0, 0.05) is 25.7 Å². The Bertz CT molecular complexity index is 606. The summed E-state index contributed by atoms with van der Waals surface area (Å²) < 4.78 is 0. The van der Waals surface area contributed by atoms with Gasteiger partial charge in [-0.15, -0.1) is 0 Å². The summed E-state index contributed by atoms with van der Waals surface area (Å²) in [5, 5.41) is 0. The van der Waals surface area contributed by atoms with Gasteiger partial charge in [-0.25, -0.2) is 0 Å². The number of benzene rings is 2. The van der Waals surface area contributed by atoms with Gasteiger partial charge in [0.15, 0.2) is 0 Å². The summed E-state index contributed by atoms with van der Waals surface area (Å²) in [5.41, 5.74) is 2.11. The van der Waals surface area contributed by atoms with E-state index in [9.17, 15) is 9.59 Å². The molecule has 0 bridgehead atoms. The van der Waals surface area contributed by atoms with E-state index in [-0.39, 0.29) is 17.5 Å². The molecule has 2 aromatic rings. The maximum absolute atomic E-state index is 12.5. The van der Waals surface area contributed by atoms with Crippen molar-refractivity contribution < 1.29 is 9.59 Å². The zero-order chi connectivity index (χ0) is 18.6. The van der Waals surface area contributed by atoms with E-state index < -0.39 is 0 Å². The molecule has 0 spiro atoms. The summed E-state index contributed by atoms with van der Waals surface area (Å²) in [4.78, 5) is 25.0. The van der Waals surface area contributed by atoms with Gasteiger partial charge < -0.3 is 0 Å². The molecule has 0 aromatic heterocycles. The van der Waals surface area contributed by atoms with Crippen molar-refractivity contribution in [1.82, 2.24) is 0 Å². The largest absolute Gasteiger partial charge is 0.299 e. The van der Waals surface area contributed by atoms with Crippen LogP contribution >= 0.6 is 0 Å². The fourth-order valence-corrected chi connectivity index (χ4v) is 3.39. The molecule has 2 aromatic carbocycles. The average Bonchev–Trinajstić information content (AvgIpc) is 2.63. The minimum Gasteiger partial charge on any atom is -0.299 e. The number of Topliss-reactive ketones (excluding diaryl/α,β-unsaturated/α-hetero) is 2. The van der Waals surface area contributed by atoms with Gasteiger partial charge in [0.05, 0.1) is 0 Å². The summed E-state index contributed by atoms with van der Waals surface area (Å²) in [7, 11) is 0. The molecule has 0 aliphatic carbocycles. The maximum Gasteiger partial charge on any atom is 0.137 e. The smallest absolute Gasteiger partial charge is 0.137 e. The number of carbonyl (C=O) groups excluding carboxylic acids is 2. The van der Waals surface area contributed by atoms with Crippen LogP contribution < -0.4 is 0 Å². The second-order valence-electron chi connectivity index (χ2n) is 7.17. The van der Waals surface area contributed by atoms with Crippen molar-refractivity contribution in [1.29, 1.82) is 0 Å². The Morgan fingerprint density at radius 3 is 1.62 bits per heavy atom. The highest BCUT2D eigenvalue weighted by atomic mass is 16.1. The van der Waals surface area contributed by atoms with Gasteiger partial charge in [-0.2, -0.15) is 0 Å². The van der Waals surface area contributed by atoms with Crippen LogP contribution in [0.2, 0.25) is 0 Å². The molecule has 0 saturated carbocycles. The van der Waals surface area contributed by atoms with Crippen molar-refractivity contribution in [3.63, 3.8) is 0 Å². The first-order valence-electron chi connectivity index (χ1n) is 9.78. The molecule has 0 fully saturated rings. The molecular formula is C24H30O2. The number of hydrogen-bond donors (Lipinski definition) is 0. The molecule has 0 saturated heterocycles. The Labute approximate surface area is 157 Å². The molecule has 0 N–H and O–H groups in total. The second kappa shape index (κ2) is 11.4. The molecular weight excluding hydrogens is 320 g/mol. The summed E-state index contributed by atoms with van der Waals surface area (Å²) in [6, 6.07) is 19.7. The van der Waals surface area contributed by atoms with Crippen molar-refractivity contribution in [2.45, 2.75) is 58.3 Å². The van der Waals surface area contributed by atoms with Crippen LogP contribution in [0.1, 0.15) is 56.6 Å². The zero-order valence-electron chi connectivity index (χ0n) is 15.8. The summed E-state index contributed by atoms with van der Waals surface area (Å²) in [6.07, 6.45) is 6.35. The fraction of sp³-hybridized carbons (Fsp3) is 0.417. The van der Waals surface area contributed by atoms with Crippen LogP contribution in [-0.4, -0.2) is 11.6 Å². The SMILES string of the molecule is CCCCCC(CC(=O)Cc1ccccc1)CC(=O)Cc1ccccc1. The summed E-state index contributed by atoms with van der Waals surface area (Å²) in [5.74, 6) is 0.657. The average molecular weight is 351 g/mol. The maximum atomic E-state index is 12.5. The van der Waals surface area contributed by atoms with E-state index in [1.165, 1.54) is 0 Å². The molecule has 0 unspecified atom stereocenters. The topological polar surface area (TPSA) is 34.1 Å². The quantitative estimate of drug-likeness (QED) is 0.468. The first kappa shape index (κ1) is 20.1. The molecule has 0 radical (unpaired) electrons. The van der Waals surface area contributed by atoms with Crippen LogP contribution in [0, 0.1) is 5.92 Å². The second-order valence-corrected chi connectivity index (χ2v) is 7.17. The minimum absolute atomic E-state index is 0.175. The molecule has 0 atom stereocenters. The van der Waals surface area contributed by atoms with E-state index in [1.807, 2.05) is 60.7 Å². The zero-order valence-corrected chi connectivity index (χ0v) is 15.8. The molecule has 2 rings (SSSR count). The third-order valence-corrected chi connectivity index (χ3v) is 4.74. The third kappa shape index (κ3) is 7.77. The van der Waals surface area contributed by atoms with E-state index >= 15 is 0 Å². The fourth-order valence-electron chi connectivity index (χ4n) is 3.39. The number of hydrogen-bond acceptors (Lipinski definition) is 2. The molecule has 0 aliphatic heterocycles. The van der Waals surface area contributed by atoms with Gasteiger partial charge in [-0.1, -0.05) is 86.8 Å². The number of carbonyl (C=O) groups is 2. The summed E-state index contributed by atoms with van der Waals surface area (Å²) in [6.45, 7) is 2.18. The molecule has 0 aliphatic rings. The lowest BCUT2D eigenvalue weighted by atomic mass is 9.88. The van der Waals surface area contributed by atoms with Crippen molar-refractivity contribution in [2.24, 2.45) is 5.92 Å². The van der Waals surface area contributed by atoms with E-state index in [2.05, 4.69) is 6.92 Å². The predicted octanol–water partition coefficient (Wildman–Crippen LogP) is 5.59. The molecule has 2 nitrogen and oxygen atoms in total. The molecule has 2 heteroatoms. The summed E-state index contributed by atoms with van der Waals surface area (Å²) >= 11 is 0. The standard InChI is InChI=1S/C24H30O2/c1-2-3-6-15-22(18-23(25)16-20-11-7-4-8-12-20)19-24(26)17-21-13-9-5-10-14-21/h4-5,7-14,22H,2-3,6,15-19H2,1H3. The third-order valence-electron chi connectivity index (χ3n) is 4.74. The van der Waals surface area contributed by atoms with E-state index in [0.29, 0.717) is 25.7 Å². The van der Waals surface area contributed by atoms with Crippen LogP contribution in [0.4, 0.5) is 0 Å². The Hall–Kier alpha value is -2.22. The Morgan fingerprint density at radius 1 is 0.731 bits per heavy atom. The lowest BCUT2D eigenvalue weighted by Crippen LogP contribution is -2.16. The van der Waals surface area contributed by atoms with Gasteiger partial charge >= 0.3 is 0 Å². The van der Waals surface area contributed by atoms with Crippen LogP contribution in [0.15, 0.2) is 60.7 Å². The Morgan fingerprint density at radius 2 is 1.19 bits per heavy atom. The highest BCUT2D eigenvalue weighted by Gasteiger charge is 2.18. The number of ketones is 2. The monoisotopic (exact) mass is 350 g/mol. The van der Waals surface area contributed by atoms with E-state index in [4.69, 9.17) is 0 Å². The Balaban J connectivity index is 1.89. The highest BCUT2D eigenvalue weighted by molar-refractivity contribution is 5.84. The van der Waals surface area contributed by atoms with Crippen LogP contribution in [0.3, 0.4) is 0 Å². The molecule has 138 valence electrons. The highest BCUT2D eigenvalue weighted by Crippen LogP contribution is 2.21. The van der Waals surface area contributed by atoms with Gasteiger partial charge in [-0.05, 0) is 23.5 Å². The number of unbranched alkanes of at least 4 members (excludes halogenated alkanes) is 2. The van der Waals surface area contributed by atoms with Gasteiger partial charge in [0.1, 0.15) is 11.6 Å². The normalized spacial score (nSPS) is 10.8. The number of rotatable bonds is 12. The van der Waals surface area contributed by atoms with Crippen molar-refractivity contribution in [3.8, 4) is 0 Å². The first-order valence-corrected chi connectivity index (χ1v) is 9.78. The van der Waals surface area contributed by atoms with Crippen molar-refractivity contribution in [3.05, 3.63) is 71.8 Å². The van der Waals surface area contributed by atoms with Crippen LogP contribution in [0.5, 0.6) is 0 Å². The van der Waals surface area contributed by atoms with Gasteiger partial charge in [0.25, 0.3) is 0 Å². The Kier molecular flexibility index (Phi) is 8.82. The van der Waals surface area contributed by atoms with Crippen LogP contribution in [0.25, 0.3) is 0 Å². The molecule has 0 amide bonds. The molecule has 26 heavy (non-hydrogen) atoms. The predicted molar refractivity (Wildman–Crippen MR) is 107 cm³/mol. The lowest BCUT2D eigenvalue weighted by molar-refractivity contribution is -0.121. The molecule has 0 heterocycles. The van der Waals surface area contributed by atoms with Gasteiger partial charge in [-0.3, -0.25) is 9.59 Å².